The number of aromatic nitrogens is 3. The van der Waals surface area contributed by atoms with Gasteiger partial charge in [-0.1, -0.05) is 55.4 Å². The third kappa shape index (κ3) is 4.65. The summed E-state index contributed by atoms with van der Waals surface area (Å²) in [6, 6.07) is 15.2. The van der Waals surface area contributed by atoms with Crippen LogP contribution in [0.1, 0.15) is 25.3 Å². The topological polar surface area (TPSA) is 70.7 Å². The average molecular weight is 387 g/mol. The number of hydrogen-bond donors (Lipinski definition) is 2. The van der Waals surface area contributed by atoms with Crippen molar-refractivity contribution in [3.63, 3.8) is 0 Å². The Kier molecular flexibility index (Phi) is 5.96. The van der Waals surface area contributed by atoms with Crippen molar-refractivity contribution >= 4 is 35.0 Å². The van der Waals surface area contributed by atoms with Crippen LogP contribution in [0.2, 0.25) is 5.02 Å². The van der Waals surface area contributed by atoms with Gasteiger partial charge < -0.3 is 5.32 Å². The van der Waals surface area contributed by atoms with Crippen LogP contribution in [0.5, 0.6) is 0 Å². The molecule has 0 fully saturated rings. The molecule has 134 valence electrons. The van der Waals surface area contributed by atoms with Crippen molar-refractivity contribution in [2.24, 2.45) is 0 Å². The SMILES string of the molecule is CC(C)c1ccccc1NC(=O)CSc1n[nH]c(-c2ccc(Cl)cc2)n1. The van der Waals surface area contributed by atoms with Crippen molar-refractivity contribution in [1.29, 1.82) is 0 Å². The second kappa shape index (κ2) is 8.38. The molecular weight excluding hydrogens is 368 g/mol. The van der Waals surface area contributed by atoms with E-state index in [0.717, 1.165) is 16.8 Å². The van der Waals surface area contributed by atoms with Crippen LogP contribution >= 0.6 is 23.4 Å². The predicted octanol–water partition coefficient (Wildman–Crippen LogP) is 4.98. The molecule has 26 heavy (non-hydrogen) atoms. The molecule has 1 amide bonds. The zero-order valence-electron chi connectivity index (χ0n) is 14.5. The summed E-state index contributed by atoms with van der Waals surface area (Å²) in [5.74, 6) is 1.15. The van der Waals surface area contributed by atoms with Gasteiger partial charge in [0.05, 0.1) is 5.75 Å². The Morgan fingerprint density at radius 3 is 2.65 bits per heavy atom. The zero-order chi connectivity index (χ0) is 18.5. The van der Waals surface area contributed by atoms with Crippen molar-refractivity contribution in [3.05, 3.63) is 59.1 Å². The molecule has 0 spiro atoms. The largest absolute Gasteiger partial charge is 0.325 e. The van der Waals surface area contributed by atoms with Crippen molar-refractivity contribution in [3.8, 4) is 11.4 Å². The summed E-state index contributed by atoms with van der Waals surface area (Å²) < 4.78 is 0. The molecule has 0 aliphatic carbocycles. The number of amides is 1. The lowest BCUT2D eigenvalue weighted by Gasteiger charge is -2.13. The van der Waals surface area contributed by atoms with Gasteiger partial charge in [-0.3, -0.25) is 9.89 Å². The van der Waals surface area contributed by atoms with E-state index in [1.165, 1.54) is 11.8 Å². The van der Waals surface area contributed by atoms with Gasteiger partial charge >= 0.3 is 0 Å². The summed E-state index contributed by atoms with van der Waals surface area (Å²) in [7, 11) is 0. The average Bonchev–Trinajstić information content (AvgIpc) is 3.10. The summed E-state index contributed by atoms with van der Waals surface area (Å²) in [4.78, 5) is 16.7. The number of halogens is 1. The van der Waals surface area contributed by atoms with E-state index < -0.39 is 0 Å². The number of aromatic amines is 1. The molecule has 7 heteroatoms. The van der Waals surface area contributed by atoms with E-state index in [0.29, 0.717) is 21.9 Å². The molecule has 0 saturated heterocycles. The molecule has 0 aliphatic rings. The second-order valence-electron chi connectivity index (χ2n) is 6.05. The predicted molar refractivity (Wildman–Crippen MR) is 107 cm³/mol. The molecule has 5 nitrogen and oxygen atoms in total. The number of carbonyl (C=O) groups is 1. The van der Waals surface area contributed by atoms with Crippen LogP contribution < -0.4 is 5.32 Å². The minimum Gasteiger partial charge on any atom is -0.325 e. The van der Waals surface area contributed by atoms with E-state index in [-0.39, 0.29) is 11.7 Å². The van der Waals surface area contributed by atoms with Crippen molar-refractivity contribution < 1.29 is 4.79 Å². The Balaban J connectivity index is 1.59. The maximum absolute atomic E-state index is 12.3. The van der Waals surface area contributed by atoms with Crippen LogP contribution in [0.3, 0.4) is 0 Å². The maximum atomic E-state index is 12.3. The lowest BCUT2D eigenvalue weighted by Crippen LogP contribution is -2.15. The number of H-pyrrole nitrogens is 1. The number of nitrogens with one attached hydrogen (secondary N) is 2. The standard InChI is InChI=1S/C19H19ClN4OS/c1-12(2)15-5-3-4-6-16(15)21-17(25)11-26-19-22-18(23-24-19)13-7-9-14(20)10-8-13/h3-10,12H,11H2,1-2H3,(H,21,25)(H,22,23,24). The number of thioether (sulfide) groups is 1. The highest BCUT2D eigenvalue weighted by Crippen LogP contribution is 2.25. The second-order valence-corrected chi connectivity index (χ2v) is 7.43. The fourth-order valence-electron chi connectivity index (χ4n) is 2.48. The molecular formula is C19H19ClN4OS. The summed E-state index contributed by atoms with van der Waals surface area (Å²) in [6.07, 6.45) is 0. The number of rotatable bonds is 6. The normalized spacial score (nSPS) is 10.9. The Morgan fingerprint density at radius 1 is 1.19 bits per heavy atom. The molecule has 3 aromatic rings. The number of anilines is 1. The Morgan fingerprint density at radius 2 is 1.92 bits per heavy atom. The van der Waals surface area contributed by atoms with Crippen molar-refractivity contribution in [1.82, 2.24) is 15.2 Å². The number of para-hydroxylation sites is 1. The molecule has 2 aromatic carbocycles. The van der Waals surface area contributed by atoms with Gasteiger partial charge in [-0.2, -0.15) is 0 Å². The highest BCUT2D eigenvalue weighted by atomic mass is 35.5. The minimum absolute atomic E-state index is 0.0825. The molecule has 0 saturated carbocycles. The number of nitrogens with zero attached hydrogens (tertiary/aromatic N) is 2. The summed E-state index contributed by atoms with van der Waals surface area (Å²) >= 11 is 7.18. The third-order valence-corrected chi connectivity index (χ3v) is 4.87. The molecule has 0 bridgehead atoms. The number of benzene rings is 2. The number of hydrogen-bond acceptors (Lipinski definition) is 4. The van der Waals surface area contributed by atoms with Crippen LogP contribution in [0, 0.1) is 0 Å². The quantitative estimate of drug-likeness (QED) is 0.586. The number of carbonyl (C=O) groups excluding carboxylic acids is 1. The molecule has 0 atom stereocenters. The fourth-order valence-corrected chi connectivity index (χ4v) is 3.20. The first-order valence-electron chi connectivity index (χ1n) is 8.23. The first kappa shape index (κ1) is 18.5. The van der Waals surface area contributed by atoms with E-state index in [2.05, 4.69) is 34.3 Å². The maximum Gasteiger partial charge on any atom is 0.234 e. The first-order chi connectivity index (χ1) is 12.5. The van der Waals surface area contributed by atoms with Gasteiger partial charge in [-0.15, -0.1) is 5.10 Å². The Bertz CT molecular complexity index is 893. The Hall–Kier alpha value is -2.31. The highest BCUT2D eigenvalue weighted by Gasteiger charge is 2.12. The lowest BCUT2D eigenvalue weighted by molar-refractivity contribution is -0.113. The molecule has 0 unspecified atom stereocenters. The third-order valence-electron chi connectivity index (χ3n) is 3.77. The summed E-state index contributed by atoms with van der Waals surface area (Å²) in [5, 5.41) is 11.2. The van der Waals surface area contributed by atoms with E-state index in [9.17, 15) is 4.79 Å². The molecule has 1 heterocycles. The highest BCUT2D eigenvalue weighted by molar-refractivity contribution is 7.99. The van der Waals surface area contributed by atoms with Gasteiger partial charge in [-0.25, -0.2) is 4.98 Å². The molecule has 2 N–H and O–H groups in total. The van der Waals surface area contributed by atoms with Gasteiger partial charge in [0.15, 0.2) is 5.82 Å². The van der Waals surface area contributed by atoms with Gasteiger partial charge in [0.25, 0.3) is 0 Å². The minimum atomic E-state index is -0.0825. The monoisotopic (exact) mass is 386 g/mol. The summed E-state index contributed by atoms with van der Waals surface area (Å²) in [5.41, 5.74) is 2.86. The molecule has 0 radical (unpaired) electrons. The summed E-state index contributed by atoms with van der Waals surface area (Å²) in [6.45, 7) is 4.21. The van der Waals surface area contributed by atoms with E-state index in [1.807, 2.05) is 36.4 Å². The van der Waals surface area contributed by atoms with Crippen molar-refractivity contribution in [2.45, 2.75) is 24.9 Å². The molecule has 1 aromatic heterocycles. The fraction of sp³-hybridized carbons (Fsp3) is 0.211. The van der Waals surface area contributed by atoms with Crippen molar-refractivity contribution in [2.75, 3.05) is 11.1 Å². The van der Waals surface area contributed by atoms with Crippen LogP contribution in [-0.2, 0) is 4.79 Å². The zero-order valence-corrected chi connectivity index (χ0v) is 16.1. The van der Waals surface area contributed by atoms with Gasteiger partial charge in [0.1, 0.15) is 0 Å². The first-order valence-corrected chi connectivity index (χ1v) is 9.59. The van der Waals surface area contributed by atoms with E-state index in [1.54, 1.807) is 12.1 Å². The molecule has 3 rings (SSSR count). The van der Waals surface area contributed by atoms with E-state index in [4.69, 9.17) is 11.6 Å². The van der Waals surface area contributed by atoms with Gasteiger partial charge in [-0.05, 0) is 41.8 Å². The van der Waals surface area contributed by atoms with E-state index >= 15 is 0 Å². The smallest absolute Gasteiger partial charge is 0.234 e. The van der Waals surface area contributed by atoms with Crippen LogP contribution in [0.25, 0.3) is 11.4 Å². The van der Waals surface area contributed by atoms with Gasteiger partial charge in [0.2, 0.25) is 11.1 Å². The Labute approximate surface area is 161 Å². The van der Waals surface area contributed by atoms with Crippen LogP contribution in [0.15, 0.2) is 53.7 Å². The lowest BCUT2D eigenvalue weighted by atomic mass is 10.0. The van der Waals surface area contributed by atoms with Crippen LogP contribution in [0.4, 0.5) is 5.69 Å². The molecule has 0 aliphatic heterocycles. The van der Waals surface area contributed by atoms with Gasteiger partial charge in [0, 0.05) is 16.3 Å². The van der Waals surface area contributed by atoms with Crippen LogP contribution in [-0.4, -0.2) is 26.8 Å².